The molecule has 4 nitrogen and oxygen atoms in total. The minimum atomic E-state index is -1.07. The smallest absolute Gasteiger partial charge is 0.327 e. The molecule has 0 aromatic rings. The predicted molar refractivity (Wildman–Crippen MR) is 55.6 cm³/mol. The van der Waals surface area contributed by atoms with Gasteiger partial charge in [-0.05, 0) is 40.2 Å². The molecule has 1 aliphatic rings. The van der Waals surface area contributed by atoms with Crippen LogP contribution in [0.1, 0.15) is 34.6 Å². The van der Waals surface area contributed by atoms with E-state index in [-0.39, 0.29) is 5.91 Å². The topological polar surface area (TPSA) is 46.6 Å². The van der Waals surface area contributed by atoms with Gasteiger partial charge in [0.15, 0.2) is 0 Å². The molecule has 1 amide bonds. The standard InChI is InChI=1S/C11H17NO3/c1-6-12-8(7(2)3)15-10(14)11(4,5)9(12)13/h6H2,1-5H3. The number of hydrogen-bond donors (Lipinski definition) is 0. The molecule has 0 bridgehead atoms. The Labute approximate surface area is 89.9 Å². The summed E-state index contributed by atoms with van der Waals surface area (Å²) in [5, 5.41) is 0. The first-order valence-electron chi connectivity index (χ1n) is 5.04. The van der Waals surface area contributed by atoms with Crippen molar-refractivity contribution in [3.63, 3.8) is 0 Å². The number of amides is 1. The molecule has 15 heavy (non-hydrogen) atoms. The molecule has 0 saturated carbocycles. The van der Waals surface area contributed by atoms with Crippen LogP contribution in [0.3, 0.4) is 0 Å². The van der Waals surface area contributed by atoms with Gasteiger partial charge in [0.2, 0.25) is 11.8 Å². The first-order valence-corrected chi connectivity index (χ1v) is 5.04. The van der Waals surface area contributed by atoms with Gasteiger partial charge in [-0.3, -0.25) is 14.5 Å². The Morgan fingerprint density at radius 2 is 1.87 bits per heavy atom. The minimum absolute atomic E-state index is 0.197. The molecule has 0 spiro atoms. The van der Waals surface area contributed by atoms with Gasteiger partial charge in [-0.15, -0.1) is 0 Å². The molecule has 1 fully saturated rings. The molecular weight excluding hydrogens is 194 g/mol. The number of nitrogens with zero attached hydrogens (tertiary/aromatic N) is 1. The Balaban J connectivity index is 3.19. The van der Waals surface area contributed by atoms with E-state index in [4.69, 9.17) is 4.74 Å². The molecule has 0 aromatic carbocycles. The van der Waals surface area contributed by atoms with Gasteiger partial charge < -0.3 is 4.74 Å². The van der Waals surface area contributed by atoms with E-state index >= 15 is 0 Å². The molecule has 1 aliphatic heterocycles. The van der Waals surface area contributed by atoms with Gasteiger partial charge in [0.05, 0.1) is 0 Å². The fraction of sp³-hybridized carbons (Fsp3) is 0.636. The third-order valence-electron chi connectivity index (χ3n) is 2.47. The fourth-order valence-corrected chi connectivity index (χ4v) is 1.45. The number of ether oxygens (including phenoxy) is 1. The number of esters is 1. The van der Waals surface area contributed by atoms with Gasteiger partial charge in [-0.2, -0.15) is 0 Å². The van der Waals surface area contributed by atoms with Crippen LogP contribution < -0.4 is 0 Å². The number of allylic oxidation sites excluding steroid dienone is 1. The first-order chi connectivity index (χ1) is 6.82. The van der Waals surface area contributed by atoms with E-state index in [9.17, 15) is 9.59 Å². The summed E-state index contributed by atoms with van der Waals surface area (Å²) in [6.45, 7) is 9.17. The molecule has 0 unspecified atom stereocenters. The van der Waals surface area contributed by atoms with Crippen molar-refractivity contribution in [2.75, 3.05) is 6.54 Å². The lowest BCUT2D eigenvalue weighted by Crippen LogP contribution is -2.51. The zero-order valence-corrected chi connectivity index (χ0v) is 9.88. The third-order valence-corrected chi connectivity index (χ3v) is 2.47. The van der Waals surface area contributed by atoms with Gasteiger partial charge in [0.1, 0.15) is 5.41 Å². The molecule has 0 aromatic heterocycles. The highest BCUT2D eigenvalue weighted by Gasteiger charge is 2.47. The highest BCUT2D eigenvalue weighted by molar-refractivity contribution is 6.04. The summed E-state index contributed by atoms with van der Waals surface area (Å²) in [6, 6.07) is 0. The minimum Gasteiger partial charge on any atom is -0.408 e. The van der Waals surface area contributed by atoms with Gasteiger partial charge in [0.25, 0.3) is 0 Å². The summed E-state index contributed by atoms with van der Waals surface area (Å²) >= 11 is 0. The van der Waals surface area contributed by atoms with Crippen LogP contribution in [0.15, 0.2) is 11.5 Å². The maximum atomic E-state index is 12.0. The summed E-state index contributed by atoms with van der Waals surface area (Å²) in [5.74, 6) is -0.294. The van der Waals surface area contributed by atoms with Gasteiger partial charge in [-0.25, -0.2) is 0 Å². The first kappa shape index (κ1) is 11.8. The summed E-state index contributed by atoms with van der Waals surface area (Å²) in [6.07, 6.45) is 0. The van der Waals surface area contributed by atoms with Crippen molar-refractivity contribution in [3.8, 4) is 0 Å². The lowest BCUT2D eigenvalue weighted by atomic mass is 9.90. The van der Waals surface area contributed by atoms with Crippen LogP contribution in [-0.2, 0) is 14.3 Å². The highest BCUT2D eigenvalue weighted by atomic mass is 16.6. The molecule has 4 heteroatoms. The molecule has 1 saturated heterocycles. The number of carbonyl (C=O) groups excluding carboxylic acids is 2. The highest BCUT2D eigenvalue weighted by Crippen LogP contribution is 2.31. The summed E-state index contributed by atoms with van der Waals surface area (Å²) in [7, 11) is 0. The van der Waals surface area contributed by atoms with Crippen molar-refractivity contribution in [3.05, 3.63) is 11.5 Å². The monoisotopic (exact) mass is 211 g/mol. The van der Waals surface area contributed by atoms with E-state index in [1.807, 2.05) is 20.8 Å². The summed E-state index contributed by atoms with van der Waals surface area (Å²) in [4.78, 5) is 25.1. The Morgan fingerprint density at radius 3 is 2.27 bits per heavy atom. The lowest BCUT2D eigenvalue weighted by Gasteiger charge is -2.36. The second-order valence-electron chi connectivity index (χ2n) is 4.37. The average Bonchev–Trinajstić information content (AvgIpc) is 2.14. The van der Waals surface area contributed by atoms with Crippen LogP contribution >= 0.6 is 0 Å². The maximum absolute atomic E-state index is 12.0. The van der Waals surface area contributed by atoms with Gasteiger partial charge >= 0.3 is 5.97 Å². The maximum Gasteiger partial charge on any atom is 0.327 e. The van der Waals surface area contributed by atoms with Crippen LogP contribution in [0.4, 0.5) is 0 Å². The van der Waals surface area contributed by atoms with Gasteiger partial charge in [-0.1, -0.05) is 0 Å². The number of cyclic esters (lactones) is 1. The molecule has 0 radical (unpaired) electrons. The fourth-order valence-electron chi connectivity index (χ4n) is 1.45. The number of carbonyl (C=O) groups is 2. The van der Waals surface area contributed by atoms with Crippen LogP contribution in [0.25, 0.3) is 0 Å². The molecular formula is C11H17NO3. The second kappa shape index (κ2) is 3.68. The van der Waals surface area contributed by atoms with E-state index in [0.717, 1.165) is 5.57 Å². The Bertz CT molecular complexity index is 338. The van der Waals surface area contributed by atoms with Crippen molar-refractivity contribution >= 4 is 11.9 Å². The average molecular weight is 211 g/mol. The molecule has 1 heterocycles. The molecule has 1 rings (SSSR count). The molecule has 0 N–H and O–H groups in total. The van der Waals surface area contributed by atoms with Crippen molar-refractivity contribution in [1.82, 2.24) is 4.90 Å². The molecule has 0 atom stereocenters. The van der Waals surface area contributed by atoms with E-state index in [0.29, 0.717) is 12.4 Å². The van der Waals surface area contributed by atoms with Crippen LogP contribution in [0, 0.1) is 5.41 Å². The van der Waals surface area contributed by atoms with E-state index in [1.165, 1.54) is 4.90 Å². The van der Waals surface area contributed by atoms with E-state index < -0.39 is 11.4 Å². The number of hydrogen-bond acceptors (Lipinski definition) is 3. The zero-order chi connectivity index (χ0) is 11.8. The Hall–Kier alpha value is -1.32. The Morgan fingerprint density at radius 1 is 1.33 bits per heavy atom. The lowest BCUT2D eigenvalue weighted by molar-refractivity contribution is -0.171. The zero-order valence-electron chi connectivity index (χ0n) is 9.88. The van der Waals surface area contributed by atoms with Crippen LogP contribution in [0.5, 0.6) is 0 Å². The number of rotatable bonds is 1. The van der Waals surface area contributed by atoms with Crippen LogP contribution in [0.2, 0.25) is 0 Å². The third kappa shape index (κ3) is 1.76. The van der Waals surface area contributed by atoms with Gasteiger partial charge in [0, 0.05) is 6.54 Å². The van der Waals surface area contributed by atoms with Crippen molar-refractivity contribution < 1.29 is 14.3 Å². The van der Waals surface area contributed by atoms with Crippen LogP contribution in [-0.4, -0.2) is 23.3 Å². The summed E-state index contributed by atoms with van der Waals surface area (Å²) in [5.41, 5.74) is -0.247. The predicted octanol–water partition coefficient (Wildman–Crippen LogP) is 1.67. The normalized spacial score (nSPS) is 20.3. The van der Waals surface area contributed by atoms with Crippen molar-refractivity contribution in [2.45, 2.75) is 34.6 Å². The molecule has 84 valence electrons. The summed E-state index contributed by atoms with van der Waals surface area (Å²) < 4.78 is 5.18. The van der Waals surface area contributed by atoms with E-state index in [2.05, 4.69) is 0 Å². The van der Waals surface area contributed by atoms with E-state index in [1.54, 1.807) is 13.8 Å². The quantitative estimate of drug-likeness (QED) is 0.489. The van der Waals surface area contributed by atoms with Crippen molar-refractivity contribution in [1.29, 1.82) is 0 Å². The largest absolute Gasteiger partial charge is 0.408 e. The Kier molecular flexibility index (Phi) is 2.88. The second-order valence-corrected chi connectivity index (χ2v) is 4.37. The molecule has 0 aliphatic carbocycles. The van der Waals surface area contributed by atoms with Crippen molar-refractivity contribution in [2.24, 2.45) is 5.41 Å². The SMILES string of the molecule is CCN1C(=O)C(C)(C)C(=O)OC1=C(C)C.